The molecule has 8 atom stereocenters. The van der Waals surface area contributed by atoms with Crippen LogP contribution >= 0.6 is 0 Å². The molecule has 2 aliphatic heterocycles. The number of aromatic amines is 2. The second-order valence-corrected chi connectivity index (χ2v) is 12.7. The van der Waals surface area contributed by atoms with Crippen LogP contribution in [-0.4, -0.2) is 119 Å². The molecule has 0 saturated carbocycles. The van der Waals surface area contributed by atoms with E-state index < -0.39 is 65.9 Å². The van der Waals surface area contributed by atoms with Gasteiger partial charge in [0.25, 0.3) is 11.1 Å². The summed E-state index contributed by atoms with van der Waals surface area (Å²) in [6.45, 7) is 5.79. The number of methoxy groups -OCH3 is 2. The summed E-state index contributed by atoms with van der Waals surface area (Å²) >= 11 is 0. The van der Waals surface area contributed by atoms with Gasteiger partial charge in [-0.05, 0) is 6.42 Å². The molecule has 4 N–H and O–H groups in total. The summed E-state index contributed by atoms with van der Waals surface area (Å²) in [6.07, 6.45) is -1.53. The molecule has 282 valence electrons. The van der Waals surface area contributed by atoms with Crippen LogP contribution in [0.2, 0.25) is 0 Å². The Morgan fingerprint density at radius 1 is 1.04 bits per heavy atom. The molecule has 4 aromatic rings. The normalized spacial score (nSPS) is 26.1. The molecule has 0 spiro atoms. The number of H-pyrrole nitrogens is 2. The van der Waals surface area contributed by atoms with Gasteiger partial charge in [0.15, 0.2) is 23.6 Å². The smallest absolute Gasteiger partial charge is 0.330 e. The van der Waals surface area contributed by atoms with Gasteiger partial charge in [-0.2, -0.15) is 4.98 Å². The predicted octanol–water partition coefficient (Wildman–Crippen LogP) is -0.946. The van der Waals surface area contributed by atoms with Gasteiger partial charge in [-0.3, -0.25) is 38.8 Å². The number of imidazole rings is 1. The number of anilines is 1. The number of rotatable bonds is 15. The number of carbonyl (C=O) groups excluding carboxylic acids is 1. The van der Waals surface area contributed by atoms with Gasteiger partial charge in [0.2, 0.25) is 11.9 Å². The van der Waals surface area contributed by atoms with Crippen LogP contribution < -0.4 is 22.1 Å². The van der Waals surface area contributed by atoms with Crippen LogP contribution in [0.5, 0.6) is 0 Å². The molecule has 21 heteroatoms. The summed E-state index contributed by atoms with van der Waals surface area (Å²) in [5.41, 5.74) is -1.14. The van der Waals surface area contributed by atoms with Crippen molar-refractivity contribution in [2.45, 2.75) is 89.4 Å². The first-order valence-corrected chi connectivity index (χ1v) is 16.7. The largest absolute Gasteiger partial charge is 0.387 e. The fraction of sp³-hybridized carbons (Fsp3) is 0.613. The first kappa shape index (κ1) is 37.1. The molecule has 0 aromatic carbocycles. The van der Waals surface area contributed by atoms with Crippen LogP contribution in [0.4, 0.5) is 5.95 Å². The number of aromatic nitrogens is 9. The van der Waals surface area contributed by atoms with Gasteiger partial charge < -0.3 is 33.5 Å². The summed E-state index contributed by atoms with van der Waals surface area (Å²) in [4.78, 5) is 62.6. The number of aliphatic hydroxyl groups is 1. The van der Waals surface area contributed by atoms with Crippen LogP contribution in [0.25, 0.3) is 11.2 Å². The highest BCUT2D eigenvalue weighted by molar-refractivity contribution is 5.91. The number of nitrogens with one attached hydrogen (secondary N) is 3. The maximum atomic E-state index is 12.8. The Balaban J connectivity index is 1.17. The van der Waals surface area contributed by atoms with E-state index in [2.05, 4.69) is 35.6 Å². The highest BCUT2D eigenvalue weighted by Crippen LogP contribution is 2.35. The zero-order chi connectivity index (χ0) is 37.1. The minimum Gasteiger partial charge on any atom is -0.387 e. The Morgan fingerprint density at radius 3 is 2.52 bits per heavy atom. The van der Waals surface area contributed by atoms with Crippen molar-refractivity contribution in [1.82, 2.24) is 44.1 Å². The molecule has 2 aliphatic rings. The van der Waals surface area contributed by atoms with Gasteiger partial charge >= 0.3 is 5.69 Å². The first-order valence-electron chi connectivity index (χ1n) is 16.7. The number of hydrogen-bond donors (Lipinski definition) is 4. The summed E-state index contributed by atoms with van der Waals surface area (Å²) in [5.74, 6) is -0.760. The van der Waals surface area contributed by atoms with E-state index in [0.717, 1.165) is 0 Å². The number of carbonyl (C=O) groups is 1. The molecule has 0 aliphatic carbocycles. The molecule has 21 nitrogen and oxygen atoms in total. The Morgan fingerprint density at radius 2 is 1.81 bits per heavy atom. The molecule has 0 radical (unpaired) electrons. The highest BCUT2D eigenvalue weighted by atomic mass is 16.6. The lowest BCUT2D eigenvalue weighted by atomic mass is 10.1. The summed E-state index contributed by atoms with van der Waals surface area (Å²) in [7, 11) is 3.01. The zero-order valence-electron chi connectivity index (χ0n) is 29.2. The first-order chi connectivity index (χ1) is 25.0. The van der Waals surface area contributed by atoms with Crippen LogP contribution in [0.1, 0.15) is 45.3 Å². The standard InChI is InChI=1S/C31H42N10O11/c1-6-17-22(24(48-5)29(51-17)40-8-7-19(42)33-31(40)46)50-13-16-11-39(38-37-16)12-18-21(43)23(49-10-9-47-4)28(52-18)41-14-32-20-25(41)34-30(36-27(20)45)35-26(44)15(2)3/h7-8,11,14-15,17-18,21-24,28-29,43H,6,9-10,12-13H2,1-5H3,(H,33,42,46)(H2,34,35,36,44,45)/t17-,18-,21?,22?,23+,24+,28-,29-/m1/s1. The Hall–Kier alpha value is -4.64. The quantitative estimate of drug-likeness (QED) is 0.108. The molecule has 0 bridgehead atoms. The summed E-state index contributed by atoms with van der Waals surface area (Å²) in [6, 6.07) is 1.23. The van der Waals surface area contributed by atoms with Crippen molar-refractivity contribution in [3.63, 3.8) is 0 Å². The minimum absolute atomic E-state index is 0.00594. The average Bonchev–Trinajstić information content (AvgIpc) is 3.89. The van der Waals surface area contributed by atoms with Crippen molar-refractivity contribution >= 4 is 23.0 Å². The topological polar surface area (TPSA) is 254 Å². The van der Waals surface area contributed by atoms with Gasteiger partial charge in [0.05, 0.1) is 45.0 Å². The maximum absolute atomic E-state index is 12.8. The number of amides is 1. The fourth-order valence-electron chi connectivity index (χ4n) is 6.17. The van der Waals surface area contributed by atoms with Gasteiger partial charge in [-0.25, -0.2) is 14.5 Å². The molecule has 52 heavy (non-hydrogen) atoms. The number of aliphatic hydroxyl groups excluding tert-OH is 1. The molecule has 6 rings (SSSR count). The van der Waals surface area contributed by atoms with E-state index in [1.807, 2.05) is 6.92 Å². The molecule has 4 aromatic heterocycles. The number of ether oxygens (including phenoxy) is 6. The van der Waals surface area contributed by atoms with E-state index in [1.54, 1.807) is 20.0 Å². The SMILES string of the molecule is CC[C@H]1O[C@@H](n2ccc(=O)[nH]c2=O)[C@@H](OC)C1OCc1cn(C[C@H]2O[C@@H](n3cnc4c(=O)[nH]c(NC(=O)C(C)C)nc43)[C@@H](OCCOC)C2O)nn1. The fourth-order valence-corrected chi connectivity index (χ4v) is 6.17. The van der Waals surface area contributed by atoms with E-state index >= 15 is 0 Å². The molecule has 2 fully saturated rings. The third kappa shape index (κ3) is 7.60. The molecule has 2 saturated heterocycles. The average molecular weight is 731 g/mol. The minimum atomic E-state index is -1.16. The lowest BCUT2D eigenvalue weighted by Crippen LogP contribution is -2.39. The van der Waals surface area contributed by atoms with Crippen molar-refractivity contribution in [3.05, 3.63) is 61.7 Å². The monoisotopic (exact) mass is 730 g/mol. The van der Waals surface area contributed by atoms with Crippen molar-refractivity contribution in [2.24, 2.45) is 5.92 Å². The summed E-state index contributed by atoms with van der Waals surface area (Å²) < 4.78 is 39.7. The summed E-state index contributed by atoms with van der Waals surface area (Å²) in [5, 5.41) is 22.4. The molecule has 1 amide bonds. The highest BCUT2D eigenvalue weighted by Gasteiger charge is 2.48. The van der Waals surface area contributed by atoms with E-state index in [4.69, 9.17) is 28.4 Å². The van der Waals surface area contributed by atoms with Crippen LogP contribution in [0, 0.1) is 5.92 Å². The third-order valence-corrected chi connectivity index (χ3v) is 8.85. The van der Waals surface area contributed by atoms with E-state index in [-0.39, 0.29) is 55.3 Å². The number of fused-ring (bicyclic) bond motifs is 1. The van der Waals surface area contributed by atoms with Gasteiger partial charge in [0, 0.05) is 32.4 Å². The number of hydrogen-bond acceptors (Lipinski definition) is 15. The molecular formula is C31H42N10O11. The van der Waals surface area contributed by atoms with Crippen molar-refractivity contribution < 1.29 is 38.3 Å². The zero-order valence-corrected chi connectivity index (χ0v) is 29.2. The van der Waals surface area contributed by atoms with Crippen LogP contribution in [0.3, 0.4) is 0 Å². The van der Waals surface area contributed by atoms with Gasteiger partial charge in [0.1, 0.15) is 36.2 Å². The molecule has 2 unspecified atom stereocenters. The van der Waals surface area contributed by atoms with E-state index in [0.29, 0.717) is 12.1 Å². The van der Waals surface area contributed by atoms with Gasteiger partial charge in [-0.1, -0.05) is 26.0 Å². The second kappa shape index (κ2) is 15.9. The lowest BCUT2D eigenvalue weighted by molar-refractivity contribution is -0.118. The van der Waals surface area contributed by atoms with E-state index in [9.17, 15) is 24.3 Å². The van der Waals surface area contributed by atoms with Crippen molar-refractivity contribution in [3.8, 4) is 0 Å². The predicted molar refractivity (Wildman–Crippen MR) is 178 cm³/mol. The second-order valence-electron chi connectivity index (χ2n) is 12.7. The third-order valence-electron chi connectivity index (χ3n) is 8.85. The Labute approximate surface area is 295 Å². The molecule has 6 heterocycles. The van der Waals surface area contributed by atoms with Crippen molar-refractivity contribution in [1.29, 1.82) is 0 Å². The van der Waals surface area contributed by atoms with Crippen LogP contribution in [0.15, 0.2) is 39.2 Å². The van der Waals surface area contributed by atoms with E-state index in [1.165, 1.54) is 46.6 Å². The van der Waals surface area contributed by atoms with Gasteiger partial charge in [-0.15, -0.1) is 5.10 Å². The Kier molecular flexibility index (Phi) is 11.4. The lowest BCUT2D eigenvalue weighted by Gasteiger charge is -2.23. The van der Waals surface area contributed by atoms with Crippen LogP contribution in [-0.2, 0) is 46.4 Å². The molecular weight excluding hydrogens is 688 g/mol. The maximum Gasteiger partial charge on any atom is 0.330 e. The number of nitrogens with zero attached hydrogens (tertiary/aromatic N) is 7. The Bertz CT molecular complexity index is 2020. The van der Waals surface area contributed by atoms with Crippen molar-refractivity contribution in [2.75, 3.05) is 32.8 Å².